The molecule has 1 aromatic heterocycles. The standard InChI is InChI=1S/C23H31FN4O/c1-16-20(14-18-6-8-19(24)9-7-18)22(26-17(2)25-16)28-12-10-27(11-13-28)21(29)15-23(3,4)5/h6-9H,10-15H2,1-5H3. The van der Waals surface area contributed by atoms with E-state index in [9.17, 15) is 9.18 Å². The van der Waals surface area contributed by atoms with Gasteiger partial charge in [0.1, 0.15) is 17.5 Å². The maximum atomic E-state index is 13.3. The van der Waals surface area contributed by atoms with Gasteiger partial charge in [-0.2, -0.15) is 0 Å². The highest BCUT2D eigenvalue weighted by atomic mass is 19.1. The summed E-state index contributed by atoms with van der Waals surface area (Å²) in [5, 5.41) is 0. The van der Waals surface area contributed by atoms with E-state index in [0.29, 0.717) is 25.9 Å². The van der Waals surface area contributed by atoms with Crippen LogP contribution in [0.2, 0.25) is 0 Å². The third-order valence-electron chi connectivity index (χ3n) is 5.21. The fourth-order valence-corrected chi connectivity index (χ4v) is 3.73. The summed E-state index contributed by atoms with van der Waals surface area (Å²) >= 11 is 0. The van der Waals surface area contributed by atoms with Gasteiger partial charge in [-0.25, -0.2) is 14.4 Å². The molecule has 6 heteroatoms. The molecule has 5 nitrogen and oxygen atoms in total. The van der Waals surface area contributed by atoms with E-state index in [1.54, 1.807) is 0 Å². The molecule has 1 aromatic carbocycles. The molecule has 0 N–H and O–H groups in total. The lowest BCUT2D eigenvalue weighted by atomic mass is 9.91. The predicted octanol–water partition coefficient (Wildman–Crippen LogP) is 3.91. The van der Waals surface area contributed by atoms with Gasteiger partial charge in [0.05, 0.1) is 0 Å². The van der Waals surface area contributed by atoms with Crippen LogP contribution in [0.5, 0.6) is 0 Å². The molecule has 1 aliphatic heterocycles. The molecular formula is C23H31FN4O. The monoisotopic (exact) mass is 398 g/mol. The van der Waals surface area contributed by atoms with Crippen molar-refractivity contribution in [3.05, 3.63) is 52.7 Å². The number of rotatable bonds is 4. The normalized spacial score (nSPS) is 15.0. The number of aryl methyl sites for hydroxylation is 2. The number of carbonyl (C=O) groups is 1. The molecule has 1 aliphatic rings. The van der Waals surface area contributed by atoms with Gasteiger partial charge in [0.15, 0.2) is 0 Å². The van der Waals surface area contributed by atoms with E-state index in [1.807, 2.05) is 30.9 Å². The summed E-state index contributed by atoms with van der Waals surface area (Å²) in [5.41, 5.74) is 3.04. The second kappa shape index (κ2) is 8.47. The van der Waals surface area contributed by atoms with E-state index in [-0.39, 0.29) is 17.1 Å². The van der Waals surface area contributed by atoms with Crippen LogP contribution in [-0.2, 0) is 11.2 Å². The van der Waals surface area contributed by atoms with Crippen LogP contribution in [0.3, 0.4) is 0 Å². The molecule has 0 bridgehead atoms. The molecule has 1 amide bonds. The first-order chi connectivity index (χ1) is 13.6. The number of halogens is 1. The first-order valence-electron chi connectivity index (χ1n) is 10.2. The maximum Gasteiger partial charge on any atom is 0.223 e. The smallest absolute Gasteiger partial charge is 0.223 e. The van der Waals surface area contributed by atoms with Gasteiger partial charge in [-0.1, -0.05) is 32.9 Å². The fraction of sp³-hybridized carbons (Fsp3) is 0.522. The average molecular weight is 399 g/mol. The molecule has 0 unspecified atom stereocenters. The summed E-state index contributed by atoms with van der Waals surface area (Å²) in [4.78, 5) is 26.1. The zero-order valence-electron chi connectivity index (χ0n) is 18.1. The number of benzene rings is 1. The second-order valence-corrected chi connectivity index (χ2v) is 9.07. The van der Waals surface area contributed by atoms with Crippen molar-refractivity contribution in [2.45, 2.75) is 47.5 Å². The Kier molecular flexibility index (Phi) is 6.20. The van der Waals surface area contributed by atoms with E-state index < -0.39 is 0 Å². The third kappa shape index (κ3) is 5.52. The molecule has 156 valence electrons. The van der Waals surface area contributed by atoms with Crippen molar-refractivity contribution < 1.29 is 9.18 Å². The largest absolute Gasteiger partial charge is 0.353 e. The SMILES string of the molecule is Cc1nc(C)c(Cc2ccc(F)cc2)c(N2CCN(C(=O)CC(C)(C)C)CC2)n1. The van der Waals surface area contributed by atoms with Gasteiger partial charge < -0.3 is 9.80 Å². The molecule has 3 rings (SSSR count). The van der Waals surface area contributed by atoms with E-state index >= 15 is 0 Å². The van der Waals surface area contributed by atoms with Crippen LogP contribution in [0.4, 0.5) is 10.2 Å². The van der Waals surface area contributed by atoms with Crippen molar-refractivity contribution in [3.8, 4) is 0 Å². The molecule has 0 atom stereocenters. The van der Waals surface area contributed by atoms with Crippen LogP contribution < -0.4 is 4.90 Å². The highest BCUT2D eigenvalue weighted by Gasteiger charge is 2.27. The van der Waals surface area contributed by atoms with E-state index in [4.69, 9.17) is 4.98 Å². The number of hydrogen-bond acceptors (Lipinski definition) is 4. The lowest BCUT2D eigenvalue weighted by molar-refractivity contribution is -0.133. The van der Waals surface area contributed by atoms with Crippen LogP contribution >= 0.6 is 0 Å². The molecule has 2 heterocycles. The Morgan fingerprint density at radius 3 is 2.24 bits per heavy atom. The molecule has 0 saturated carbocycles. The van der Waals surface area contributed by atoms with Crippen molar-refractivity contribution >= 4 is 11.7 Å². The highest BCUT2D eigenvalue weighted by molar-refractivity contribution is 5.77. The molecule has 2 aromatic rings. The van der Waals surface area contributed by atoms with Crippen LogP contribution in [0.25, 0.3) is 0 Å². The molecule has 0 aliphatic carbocycles. The number of amides is 1. The van der Waals surface area contributed by atoms with Gasteiger partial charge in [-0.05, 0) is 37.0 Å². The summed E-state index contributed by atoms with van der Waals surface area (Å²) in [6.07, 6.45) is 1.22. The number of aromatic nitrogens is 2. The quantitative estimate of drug-likeness (QED) is 0.784. The van der Waals surface area contributed by atoms with Crippen LogP contribution in [-0.4, -0.2) is 47.0 Å². The number of anilines is 1. The summed E-state index contributed by atoms with van der Waals surface area (Å²) in [5.74, 6) is 1.66. The molecule has 1 saturated heterocycles. The number of carbonyl (C=O) groups excluding carboxylic acids is 1. The zero-order chi connectivity index (χ0) is 21.2. The molecule has 29 heavy (non-hydrogen) atoms. The number of hydrogen-bond donors (Lipinski definition) is 0. The lowest BCUT2D eigenvalue weighted by Crippen LogP contribution is -2.50. The summed E-state index contributed by atoms with van der Waals surface area (Å²) in [6, 6.07) is 6.58. The zero-order valence-corrected chi connectivity index (χ0v) is 18.1. The Labute approximate surface area is 173 Å². The van der Waals surface area contributed by atoms with Gasteiger partial charge >= 0.3 is 0 Å². The minimum absolute atomic E-state index is 0.00256. The fourth-order valence-electron chi connectivity index (χ4n) is 3.73. The third-order valence-corrected chi connectivity index (χ3v) is 5.21. The van der Waals surface area contributed by atoms with Gasteiger partial charge in [-0.3, -0.25) is 4.79 Å². The number of nitrogens with zero attached hydrogens (tertiary/aromatic N) is 4. The Balaban J connectivity index is 1.77. The van der Waals surface area contributed by atoms with Crippen molar-refractivity contribution in [3.63, 3.8) is 0 Å². The van der Waals surface area contributed by atoms with Gasteiger partial charge in [0.25, 0.3) is 0 Å². The van der Waals surface area contributed by atoms with Crippen LogP contribution in [0.1, 0.15) is 49.8 Å². The van der Waals surface area contributed by atoms with Crippen LogP contribution in [0, 0.1) is 25.1 Å². The first-order valence-corrected chi connectivity index (χ1v) is 10.2. The second-order valence-electron chi connectivity index (χ2n) is 9.07. The van der Waals surface area contributed by atoms with Crippen molar-refractivity contribution in [1.82, 2.24) is 14.9 Å². The summed E-state index contributed by atoms with van der Waals surface area (Å²) in [6.45, 7) is 13.1. The van der Waals surface area contributed by atoms with E-state index in [2.05, 4.69) is 30.7 Å². The van der Waals surface area contributed by atoms with Crippen LogP contribution in [0.15, 0.2) is 24.3 Å². The summed E-state index contributed by atoms with van der Waals surface area (Å²) < 4.78 is 13.3. The van der Waals surface area contributed by atoms with Gasteiger partial charge in [-0.15, -0.1) is 0 Å². The predicted molar refractivity (Wildman–Crippen MR) is 114 cm³/mol. The van der Waals surface area contributed by atoms with Gasteiger partial charge in [0.2, 0.25) is 5.91 Å². The topological polar surface area (TPSA) is 49.3 Å². The molecule has 0 radical (unpaired) electrons. The maximum absolute atomic E-state index is 13.3. The Morgan fingerprint density at radius 2 is 1.66 bits per heavy atom. The average Bonchev–Trinajstić information content (AvgIpc) is 2.64. The number of piperazine rings is 1. The Bertz CT molecular complexity index is 866. The minimum atomic E-state index is -0.234. The molecule has 0 spiro atoms. The van der Waals surface area contributed by atoms with Crippen molar-refractivity contribution in [1.29, 1.82) is 0 Å². The van der Waals surface area contributed by atoms with Gasteiger partial charge in [0, 0.05) is 50.3 Å². The minimum Gasteiger partial charge on any atom is -0.353 e. The lowest BCUT2D eigenvalue weighted by Gasteiger charge is -2.37. The summed E-state index contributed by atoms with van der Waals surface area (Å²) in [7, 11) is 0. The van der Waals surface area contributed by atoms with Crippen molar-refractivity contribution in [2.24, 2.45) is 5.41 Å². The van der Waals surface area contributed by atoms with E-state index in [0.717, 1.165) is 41.6 Å². The van der Waals surface area contributed by atoms with E-state index in [1.165, 1.54) is 12.1 Å². The molecular weight excluding hydrogens is 367 g/mol. The highest BCUT2D eigenvalue weighted by Crippen LogP contribution is 2.26. The molecule has 1 fully saturated rings. The Morgan fingerprint density at radius 1 is 1.03 bits per heavy atom. The first kappa shape index (κ1) is 21.2. The van der Waals surface area contributed by atoms with Crippen molar-refractivity contribution in [2.75, 3.05) is 31.1 Å². The Hall–Kier alpha value is -2.50.